The maximum atomic E-state index is 5.60. The van der Waals surface area contributed by atoms with Crippen LogP contribution in [0.4, 0.5) is 11.5 Å². The normalized spacial score (nSPS) is 11.3. The molecule has 38 heavy (non-hydrogen) atoms. The second-order valence-corrected chi connectivity index (χ2v) is 11.8. The van der Waals surface area contributed by atoms with Gasteiger partial charge in [-0.2, -0.15) is 4.85 Å². The minimum absolute atomic E-state index is 0.806. The summed E-state index contributed by atoms with van der Waals surface area (Å²) in [4.78, 5) is 7.40. The van der Waals surface area contributed by atoms with Crippen molar-refractivity contribution in [2.45, 2.75) is 0 Å². The van der Waals surface area contributed by atoms with E-state index in [4.69, 9.17) is 14.7 Å². The zero-order valence-electron chi connectivity index (χ0n) is 21.0. The molecule has 5 nitrogen and oxygen atoms in total. The molecule has 1 heterocycles. The van der Waals surface area contributed by atoms with Gasteiger partial charge in [-0.25, -0.2) is 0 Å². The third kappa shape index (κ3) is 4.38. The van der Waals surface area contributed by atoms with Gasteiger partial charge in [-0.3, -0.25) is 0 Å². The molecule has 0 saturated carbocycles. The van der Waals surface area contributed by atoms with E-state index < -0.39 is 7.05 Å². The van der Waals surface area contributed by atoms with E-state index in [1.54, 1.807) is 11.9 Å². The molecular formula is C32H27N4OP. The van der Waals surface area contributed by atoms with Crippen LogP contribution in [0.3, 0.4) is 0 Å². The maximum Gasteiger partial charge on any atom is 0.162 e. The van der Waals surface area contributed by atoms with Gasteiger partial charge in [0.1, 0.15) is 5.75 Å². The van der Waals surface area contributed by atoms with E-state index >= 15 is 0 Å². The van der Waals surface area contributed by atoms with E-state index in [0.717, 1.165) is 44.1 Å². The van der Waals surface area contributed by atoms with Crippen molar-refractivity contribution in [1.82, 2.24) is 9.89 Å². The van der Waals surface area contributed by atoms with Crippen LogP contribution in [0.25, 0.3) is 10.9 Å². The van der Waals surface area contributed by atoms with Crippen LogP contribution in [0, 0.1) is 0 Å². The van der Waals surface area contributed by atoms with Gasteiger partial charge in [-0.15, -0.1) is 9.89 Å². The summed E-state index contributed by atoms with van der Waals surface area (Å²) in [6, 6.07) is 47.7. The van der Waals surface area contributed by atoms with Gasteiger partial charge in [-0.05, 0) is 36.4 Å². The number of fused-ring (bicyclic) bond motifs is 1. The molecule has 0 aliphatic heterocycles. The Hall–Kier alpha value is -4.60. The molecule has 0 atom stereocenters. The van der Waals surface area contributed by atoms with Gasteiger partial charge in [0.15, 0.2) is 5.82 Å². The Morgan fingerprint density at radius 2 is 1.13 bits per heavy atom. The van der Waals surface area contributed by atoms with E-state index in [0.29, 0.717) is 0 Å². The SMILES string of the molecule is COc1ccc(Nc2c3ccccc3nn2N=P(c2ccccc2)(c2ccccc2)c2ccccc2)cc1. The molecule has 0 saturated heterocycles. The highest BCUT2D eigenvalue weighted by atomic mass is 31.2. The summed E-state index contributed by atoms with van der Waals surface area (Å²) in [5.74, 6) is 1.62. The number of aromatic nitrogens is 2. The molecule has 1 N–H and O–H groups in total. The molecule has 0 aliphatic carbocycles. The van der Waals surface area contributed by atoms with Crippen LogP contribution in [0.2, 0.25) is 0 Å². The second kappa shape index (κ2) is 10.4. The lowest BCUT2D eigenvalue weighted by Crippen LogP contribution is -2.26. The summed E-state index contributed by atoms with van der Waals surface area (Å²) in [6.07, 6.45) is 0. The van der Waals surface area contributed by atoms with Crippen LogP contribution in [0.15, 0.2) is 144 Å². The quantitative estimate of drug-likeness (QED) is 0.240. The van der Waals surface area contributed by atoms with Crippen molar-refractivity contribution in [2.75, 3.05) is 12.4 Å². The predicted octanol–water partition coefficient (Wildman–Crippen LogP) is 6.73. The van der Waals surface area contributed by atoms with E-state index in [2.05, 4.69) is 84.2 Å². The summed E-state index contributed by atoms with van der Waals surface area (Å²) in [6.45, 7) is 0. The van der Waals surface area contributed by atoms with Crippen LogP contribution in [0.1, 0.15) is 0 Å². The Morgan fingerprint density at radius 1 is 0.632 bits per heavy atom. The first-order chi connectivity index (χ1) is 18.8. The van der Waals surface area contributed by atoms with E-state index in [1.165, 1.54) is 0 Å². The fourth-order valence-electron chi connectivity index (χ4n) is 4.67. The zero-order valence-corrected chi connectivity index (χ0v) is 21.9. The van der Waals surface area contributed by atoms with Crippen LogP contribution >= 0.6 is 7.05 Å². The van der Waals surface area contributed by atoms with Crippen molar-refractivity contribution < 1.29 is 4.74 Å². The van der Waals surface area contributed by atoms with Gasteiger partial charge in [0.05, 0.1) is 19.7 Å². The first kappa shape index (κ1) is 23.8. The molecule has 6 aromatic rings. The number of hydrogen-bond acceptors (Lipinski definition) is 4. The summed E-state index contributed by atoms with van der Waals surface area (Å²) < 4.78 is 5.35. The lowest BCUT2D eigenvalue weighted by Gasteiger charge is -2.26. The predicted molar refractivity (Wildman–Crippen MR) is 159 cm³/mol. The minimum atomic E-state index is -2.51. The van der Waals surface area contributed by atoms with E-state index in [1.807, 2.05) is 60.7 Å². The molecular weight excluding hydrogens is 487 g/mol. The summed E-state index contributed by atoms with van der Waals surface area (Å²) in [7, 11) is -0.839. The molecule has 0 bridgehead atoms. The molecule has 6 rings (SSSR count). The van der Waals surface area contributed by atoms with Gasteiger partial charge in [0.2, 0.25) is 0 Å². The topological polar surface area (TPSA) is 51.4 Å². The Balaban J connectivity index is 1.67. The van der Waals surface area contributed by atoms with Crippen molar-refractivity contribution >= 4 is 45.4 Å². The van der Waals surface area contributed by atoms with Gasteiger partial charge in [0.25, 0.3) is 0 Å². The van der Waals surface area contributed by atoms with E-state index in [-0.39, 0.29) is 0 Å². The maximum absolute atomic E-state index is 5.60. The fourth-order valence-corrected chi connectivity index (χ4v) is 8.07. The van der Waals surface area contributed by atoms with Crippen LogP contribution in [0.5, 0.6) is 5.75 Å². The highest BCUT2D eigenvalue weighted by molar-refractivity contribution is 7.87. The van der Waals surface area contributed by atoms with Crippen molar-refractivity contribution in [3.63, 3.8) is 0 Å². The number of hydrogen-bond donors (Lipinski definition) is 1. The first-order valence-corrected chi connectivity index (χ1v) is 14.2. The van der Waals surface area contributed by atoms with Crippen LogP contribution < -0.4 is 26.0 Å². The van der Waals surface area contributed by atoms with Gasteiger partial charge >= 0.3 is 0 Å². The average molecular weight is 515 g/mol. The zero-order chi connectivity index (χ0) is 25.8. The van der Waals surface area contributed by atoms with Crippen LogP contribution in [-0.4, -0.2) is 17.0 Å². The first-order valence-electron chi connectivity index (χ1n) is 12.5. The number of methoxy groups -OCH3 is 1. The Bertz CT molecular complexity index is 1610. The van der Waals surface area contributed by atoms with E-state index in [9.17, 15) is 0 Å². The average Bonchev–Trinajstić information content (AvgIpc) is 3.34. The third-order valence-electron chi connectivity index (χ3n) is 6.52. The molecule has 1 aromatic heterocycles. The third-order valence-corrected chi connectivity index (χ3v) is 10.1. The van der Waals surface area contributed by atoms with Crippen molar-refractivity contribution in [3.8, 4) is 5.75 Å². The minimum Gasteiger partial charge on any atom is -0.497 e. The molecule has 186 valence electrons. The molecule has 0 spiro atoms. The van der Waals surface area contributed by atoms with Gasteiger partial charge in [-0.1, -0.05) is 103 Å². The summed E-state index contributed by atoms with van der Waals surface area (Å²) in [5, 5.41) is 13.1. The number of ether oxygens (including phenoxy) is 1. The number of anilines is 2. The smallest absolute Gasteiger partial charge is 0.162 e. The fraction of sp³-hybridized carbons (Fsp3) is 0.0312. The highest BCUT2D eigenvalue weighted by Crippen LogP contribution is 2.47. The monoisotopic (exact) mass is 514 g/mol. The molecule has 5 aromatic carbocycles. The summed E-state index contributed by atoms with van der Waals surface area (Å²) >= 11 is 0. The molecule has 0 unspecified atom stereocenters. The second-order valence-electron chi connectivity index (χ2n) is 8.84. The molecule has 6 heteroatoms. The Kier molecular flexibility index (Phi) is 6.51. The molecule has 0 amide bonds. The molecule has 0 fully saturated rings. The van der Waals surface area contributed by atoms with Crippen LogP contribution in [-0.2, 0) is 0 Å². The lowest BCUT2D eigenvalue weighted by molar-refractivity contribution is 0.415. The Labute approximate surface area is 222 Å². The van der Waals surface area contributed by atoms with Gasteiger partial charge in [0, 0.05) is 27.0 Å². The standard InChI is InChI=1S/C32H27N4OP/c1-37-26-23-21-25(22-24-26)33-32-30-19-11-12-20-31(30)34-36(32)35-38(27-13-5-2-6-14-27,28-15-7-3-8-16-28)29-17-9-4-10-18-29/h2-24,33H,1H3. The molecule has 0 aliphatic rings. The molecule has 0 radical (unpaired) electrons. The van der Waals surface area contributed by atoms with Gasteiger partial charge < -0.3 is 10.1 Å². The van der Waals surface area contributed by atoms with Crippen molar-refractivity contribution in [2.24, 2.45) is 4.85 Å². The van der Waals surface area contributed by atoms with Crippen molar-refractivity contribution in [3.05, 3.63) is 140 Å². The number of nitrogens with zero attached hydrogens (tertiary/aromatic N) is 3. The number of rotatable bonds is 7. The lowest BCUT2D eigenvalue weighted by atomic mass is 10.2. The highest BCUT2D eigenvalue weighted by Gasteiger charge is 2.29. The number of nitrogens with one attached hydrogen (secondary N) is 1. The number of benzene rings is 5. The largest absolute Gasteiger partial charge is 0.497 e. The Morgan fingerprint density at radius 3 is 1.66 bits per heavy atom. The summed E-state index contributed by atoms with van der Waals surface area (Å²) in [5.41, 5.74) is 1.80. The van der Waals surface area contributed by atoms with Crippen molar-refractivity contribution in [1.29, 1.82) is 0 Å².